The van der Waals surface area contributed by atoms with Crippen molar-refractivity contribution in [2.45, 2.75) is 77.0 Å². The normalized spacial score (nSPS) is 20.7. The Morgan fingerprint density at radius 3 is 2.48 bits per heavy atom. The van der Waals surface area contributed by atoms with Crippen LogP contribution in [0.25, 0.3) is 28.1 Å². The molecule has 3 fully saturated rings. The Labute approximate surface area is 256 Å². The van der Waals surface area contributed by atoms with Crippen molar-refractivity contribution in [2.24, 2.45) is 11.7 Å². The number of rotatable bonds is 6. The summed E-state index contributed by atoms with van der Waals surface area (Å²) in [5.74, 6) is 1.66. The van der Waals surface area contributed by atoms with Crippen LogP contribution in [-0.2, 0) is 13.0 Å². The molecule has 0 spiro atoms. The molecule has 2 bridgehead atoms. The largest absolute Gasteiger partial charge is 0.482 e. The van der Waals surface area contributed by atoms with Crippen molar-refractivity contribution >= 4 is 28.5 Å². The number of ether oxygens (including phenoxy) is 1. The van der Waals surface area contributed by atoms with Crippen molar-refractivity contribution in [3.05, 3.63) is 65.7 Å². The Morgan fingerprint density at radius 2 is 1.86 bits per heavy atom. The summed E-state index contributed by atoms with van der Waals surface area (Å²) in [6.45, 7) is 5.16. The molecule has 8 rings (SSSR count). The summed E-state index contributed by atoms with van der Waals surface area (Å²) >= 11 is 0. The molecule has 2 saturated heterocycles. The highest BCUT2D eigenvalue weighted by Gasteiger charge is 2.47. The second kappa shape index (κ2) is 11.2. The number of aryl methyl sites for hydroxylation is 2. The van der Waals surface area contributed by atoms with Crippen LogP contribution in [0.1, 0.15) is 60.8 Å². The Hall–Kier alpha value is -4.51. The average molecular weight is 594 g/mol. The van der Waals surface area contributed by atoms with Crippen LogP contribution in [0.5, 0.6) is 5.88 Å². The first kappa shape index (κ1) is 28.3. The molecule has 3 aliphatic rings. The number of carbonyl (C=O) groups excluding carboxylic acids is 1. The predicted octanol–water partition coefficient (Wildman–Crippen LogP) is 4.40. The highest BCUT2D eigenvalue weighted by atomic mass is 16.5. The summed E-state index contributed by atoms with van der Waals surface area (Å²) < 4.78 is 10.2. The third-order valence-electron chi connectivity index (χ3n) is 9.32. The molecule has 11 heteroatoms. The standard InChI is InChI=1S/C29H34N6O2.C4H5N3/c1-4-20-8-7-18-11-24(33(28(18)31-20)15-17-5-6-17)27-16(2)34-25(32-27)12-19(13-26(34)37-3)29(36)35-21-9-10-23(35)22(30)14-21;5-4-6-2-1-3-7-4/h7-8,11-13,17,21-23H,4-6,9-10,14-15,30H2,1-3H3;1-3H,(H2,5,6,7). The molecule has 4 N–H and O–H groups in total. The van der Waals surface area contributed by atoms with E-state index in [1.54, 1.807) is 25.6 Å². The first-order chi connectivity index (χ1) is 21.4. The molecule has 1 aliphatic carbocycles. The summed E-state index contributed by atoms with van der Waals surface area (Å²) in [6.07, 6.45) is 9.55. The number of anilines is 1. The summed E-state index contributed by atoms with van der Waals surface area (Å²) in [5.41, 5.74) is 17.9. The van der Waals surface area contributed by atoms with E-state index in [1.165, 1.54) is 12.8 Å². The molecule has 1 saturated carbocycles. The third kappa shape index (κ3) is 4.94. The van der Waals surface area contributed by atoms with Crippen LogP contribution in [0, 0.1) is 12.8 Å². The molecule has 44 heavy (non-hydrogen) atoms. The molecule has 0 aromatic carbocycles. The highest BCUT2D eigenvalue weighted by Crippen LogP contribution is 2.40. The number of aromatic nitrogens is 6. The lowest BCUT2D eigenvalue weighted by Crippen LogP contribution is -2.40. The van der Waals surface area contributed by atoms with E-state index in [0.717, 1.165) is 71.7 Å². The number of hydrogen-bond donors (Lipinski definition) is 2. The maximum absolute atomic E-state index is 13.7. The van der Waals surface area contributed by atoms with E-state index in [2.05, 4.69) is 46.6 Å². The predicted molar refractivity (Wildman–Crippen MR) is 169 cm³/mol. The van der Waals surface area contributed by atoms with E-state index < -0.39 is 0 Å². The van der Waals surface area contributed by atoms with E-state index >= 15 is 0 Å². The second-order valence-electron chi connectivity index (χ2n) is 12.2. The molecule has 5 aromatic rings. The fourth-order valence-corrected chi connectivity index (χ4v) is 6.91. The van der Waals surface area contributed by atoms with Crippen LogP contribution in [0.4, 0.5) is 5.95 Å². The van der Waals surface area contributed by atoms with Gasteiger partial charge in [0.1, 0.15) is 17.0 Å². The van der Waals surface area contributed by atoms with Gasteiger partial charge in [-0.1, -0.05) is 6.92 Å². The minimum absolute atomic E-state index is 0.0302. The number of hydrogen-bond acceptors (Lipinski definition) is 8. The molecular weight excluding hydrogens is 554 g/mol. The Bertz CT molecular complexity index is 1840. The highest BCUT2D eigenvalue weighted by molar-refractivity contribution is 5.96. The number of nitrogen functional groups attached to an aromatic ring is 1. The van der Waals surface area contributed by atoms with Crippen LogP contribution in [0.2, 0.25) is 0 Å². The van der Waals surface area contributed by atoms with Crippen LogP contribution in [0.3, 0.4) is 0 Å². The molecule has 3 unspecified atom stereocenters. The van der Waals surface area contributed by atoms with Gasteiger partial charge in [0, 0.05) is 59.8 Å². The number of nitrogens with zero attached hydrogens (tertiary/aromatic N) is 7. The monoisotopic (exact) mass is 593 g/mol. The van der Waals surface area contributed by atoms with Crippen molar-refractivity contribution in [3.8, 4) is 17.3 Å². The Morgan fingerprint density at radius 1 is 1.07 bits per heavy atom. The Balaban J connectivity index is 0.000000396. The molecule has 7 heterocycles. The van der Waals surface area contributed by atoms with Gasteiger partial charge < -0.3 is 25.7 Å². The maximum Gasteiger partial charge on any atom is 0.254 e. The zero-order valence-corrected chi connectivity index (χ0v) is 25.5. The van der Waals surface area contributed by atoms with Crippen molar-refractivity contribution in [2.75, 3.05) is 12.8 Å². The molecule has 228 valence electrons. The third-order valence-corrected chi connectivity index (χ3v) is 9.32. The van der Waals surface area contributed by atoms with Crippen LogP contribution in [-0.4, -0.2) is 64.9 Å². The smallest absolute Gasteiger partial charge is 0.254 e. The molecule has 5 aromatic heterocycles. The molecule has 2 aliphatic heterocycles. The first-order valence-electron chi connectivity index (χ1n) is 15.5. The van der Waals surface area contributed by atoms with Crippen LogP contribution >= 0.6 is 0 Å². The van der Waals surface area contributed by atoms with Gasteiger partial charge in [-0.3, -0.25) is 9.20 Å². The summed E-state index contributed by atoms with van der Waals surface area (Å²) in [6, 6.07) is 12.4. The number of amides is 1. The average Bonchev–Trinajstić information content (AvgIpc) is 3.36. The van der Waals surface area contributed by atoms with Crippen molar-refractivity contribution in [1.29, 1.82) is 0 Å². The SMILES string of the molecule is CCc1ccc2cc(-c3nc4cc(C(=O)N5C6CCC5C(N)C6)cc(OC)n4c3C)n(CC3CC3)c2n1.Nc1ncccn1. The first-order valence-corrected chi connectivity index (χ1v) is 15.5. The number of pyridine rings is 2. The number of nitrogens with two attached hydrogens (primary N) is 2. The van der Waals surface area contributed by atoms with Gasteiger partial charge in [0.05, 0.1) is 18.5 Å². The van der Waals surface area contributed by atoms with Gasteiger partial charge in [-0.15, -0.1) is 0 Å². The number of imidazole rings is 1. The van der Waals surface area contributed by atoms with Gasteiger partial charge in [0.2, 0.25) is 5.95 Å². The zero-order valence-electron chi connectivity index (χ0n) is 25.5. The fourth-order valence-electron chi connectivity index (χ4n) is 6.91. The van der Waals surface area contributed by atoms with Crippen molar-refractivity contribution in [1.82, 2.24) is 33.8 Å². The molecular formula is C33H39N9O2. The minimum Gasteiger partial charge on any atom is -0.482 e. The topological polar surface area (TPSA) is 142 Å². The number of methoxy groups -OCH3 is 1. The summed E-state index contributed by atoms with van der Waals surface area (Å²) in [5, 5.41) is 1.13. The van der Waals surface area contributed by atoms with Crippen LogP contribution < -0.4 is 16.2 Å². The molecule has 11 nitrogen and oxygen atoms in total. The van der Waals surface area contributed by atoms with E-state index in [0.29, 0.717) is 23.3 Å². The van der Waals surface area contributed by atoms with Gasteiger partial charge in [-0.2, -0.15) is 0 Å². The van der Waals surface area contributed by atoms with Gasteiger partial charge in [0.25, 0.3) is 5.91 Å². The Kier molecular flexibility index (Phi) is 7.20. The van der Waals surface area contributed by atoms with Gasteiger partial charge >= 0.3 is 0 Å². The number of carbonyl (C=O) groups is 1. The van der Waals surface area contributed by atoms with Crippen molar-refractivity contribution < 1.29 is 9.53 Å². The molecule has 0 radical (unpaired) electrons. The minimum atomic E-state index is 0.0302. The van der Waals surface area contributed by atoms with E-state index in [1.807, 2.05) is 21.4 Å². The lowest BCUT2D eigenvalue weighted by atomic mass is 9.97. The maximum atomic E-state index is 13.7. The lowest BCUT2D eigenvalue weighted by molar-refractivity contribution is 0.0726. The fraction of sp³-hybridized carbons (Fsp3) is 0.424. The molecule has 1 amide bonds. The van der Waals surface area contributed by atoms with E-state index in [4.69, 9.17) is 26.2 Å². The summed E-state index contributed by atoms with van der Waals surface area (Å²) in [4.78, 5) is 33.0. The number of fused-ring (bicyclic) bond motifs is 4. The summed E-state index contributed by atoms with van der Waals surface area (Å²) in [7, 11) is 1.65. The zero-order chi connectivity index (χ0) is 30.5. The molecule has 3 atom stereocenters. The second-order valence-corrected chi connectivity index (χ2v) is 12.2. The van der Waals surface area contributed by atoms with Crippen molar-refractivity contribution in [3.63, 3.8) is 0 Å². The quantitative estimate of drug-likeness (QED) is 0.295. The lowest BCUT2D eigenvalue weighted by Gasteiger charge is -2.23. The van der Waals surface area contributed by atoms with Gasteiger partial charge in [-0.05, 0) is 81.7 Å². The van der Waals surface area contributed by atoms with Gasteiger partial charge in [0.15, 0.2) is 5.88 Å². The van der Waals surface area contributed by atoms with Gasteiger partial charge in [-0.25, -0.2) is 19.9 Å². The van der Waals surface area contributed by atoms with E-state index in [9.17, 15) is 4.79 Å². The van der Waals surface area contributed by atoms with Crippen LogP contribution in [0.15, 0.2) is 48.8 Å². The van der Waals surface area contributed by atoms with E-state index in [-0.39, 0.29) is 24.0 Å².